The number of rotatable bonds is 7. The van der Waals surface area contributed by atoms with Crippen molar-refractivity contribution in [3.05, 3.63) is 125 Å². The van der Waals surface area contributed by atoms with E-state index in [2.05, 4.69) is 10.5 Å². The number of anilines is 1. The number of hydrogen-bond donors (Lipinski definition) is 6. The third-order valence-corrected chi connectivity index (χ3v) is 12.6. The number of nitrogens with zero attached hydrogens (tertiary/aromatic N) is 1. The number of oxime groups is 1. The molecule has 7 rings (SSSR count). The van der Waals surface area contributed by atoms with Gasteiger partial charge >= 0.3 is 11.8 Å². The number of fused-ring (bicyclic) bond motifs is 14. The number of aromatic hydroxyl groups is 3. The monoisotopic (exact) mass is 906 g/mol. The molecule has 0 fully saturated rings. The third-order valence-electron chi connectivity index (χ3n) is 12.6. The minimum Gasteiger partial charge on any atom is -0.507 e. The Bertz CT molecular complexity index is 2530. The number of carbonyl (C=O) groups is 3. The number of carbonyl (C=O) groups excluding carboxylic acids is 3. The van der Waals surface area contributed by atoms with Crippen molar-refractivity contribution in [2.75, 3.05) is 12.4 Å². The van der Waals surface area contributed by atoms with E-state index >= 15 is 0 Å². The molecule has 0 saturated carbocycles. The summed E-state index contributed by atoms with van der Waals surface area (Å²) in [6, 6.07) is 18.5. The van der Waals surface area contributed by atoms with Gasteiger partial charge < -0.3 is 54.6 Å². The maximum absolute atomic E-state index is 14.6. The van der Waals surface area contributed by atoms with E-state index in [1.807, 2.05) is 60.7 Å². The molecule has 15 heteroatoms. The van der Waals surface area contributed by atoms with Gasteiger partial charge in [0.2, 0.25) is 0 Å². The normalized spacial score (nSPS) is 26.3. The molecule has 350 valence electrons. The van der Waals surface area contributed by atoms with Crippen LogP contribution in [-0.2, 0) is 28.6 Å². The van der Waals surface area contributed by atoms with E-state index < -0.39 is 94.9 Å². The summed E-state index contributed by atoms with van der Waals surface area (Å²) in [5, 5.41) is 65.3. The van der Waals surface area contributed by atoms with Crippen molar-refractivity contribution in [3.63, 3.8) is 0 Å². The Morgan fingerprint density at radius 3 is 2.06 bits per heavy atom. The minimum absolute atomic E-state index is 0.0184. The summed E-state index contributed by atoms with van der Waals surface area (Å²) in [5.74, 6) is -8.88. The number of phenols is 3. The van der Waals surface area contributed by atoms with Crippen LogP contribution in [0.4, 0.5) is 5.69 Å². The number of amides is 1. The fourth-order valence-corrected chi connectivity index (χ4v) is 8.59. The van der Waals surface area contributed by atoms with Gasteiger partial charge in [0.1, 0.15) is 23.4 Å². The maximum atomic E-state index is 14.6. The Hall–Kier alpha value is -6.68. The van der Waals surface area contributed by atoms with E-state index in [9.17, 15) is 39.9 Å². The summed E-state index contributed by atoms with van der Waals surface area (Å²) in [6.07, 6.45) is 3.74. The standard InChI is InChI=1S/C51H58N2O13/c1-26-17-16-18-27(2)50(61)53-40-35(25-52-66-48(33-19-12-10-13-20-33)34-21-14-11-15-22-34)44(58)37-38(45(40)59)43(57)31(6)47-39(37)49(60)51(8,65-47)63-24-23-36(62-9)28(3)46(64-32(7)54)30(5)42(56)29(4)41(26)55/h10-26,28-30,36,41-42,46,48,55-59H,1-9H3,(H,53,61)/t26-,28+,29-,30-,36+,41-,42-,46-,51-/m0/s1. The number of hydrogen-bond acceptors (Lipinski definition) is 14. The van der Waals surface area contributed by atoms with Gasteiger partial charge in [0, 0.05) is 61.2 Å². The van der Waals surface area contributed by atoms with E-state index in [1.54, 1.807) is 39.8 Å². The van der Waals surface area contributed by atoms with Gasteiger partial charge in [-0.3, -0.25) is 14.4 Å². The molecule has 0 aliphatic carbocycles. The molecular formula is C51H58N2O13. The molecule has 0 spiro atoms. The first kappa shape index (κ1) is 48.8. The first-order valence-electron chi connectivity index (χ1n) is 21.7. The largest absolute Gasteiger partial charge is 0.507 e. The first-order chi connectivity index (χ1) is 31.3. The molecule has 3 heterocycles. The summed E-state index contributed by atoms with van der Waals surface area (Å²) >= 11 is 0. The smallest absolute Gasteiger partial charge is 0.312 e. The number of nitrogens with one attached hydrogen (secondary N) is 1. The highest BCUT2D eigenvalue weighted by Gasteiger charge is 2.50. The van der Waals surface area contributed by atoms with Gasteiger partial charge in [-0.2, -0.15) is 0 Å². The van der Waals surface area contributed by atoms with Crippen molar-refractivity contribution in [1.29, 1.82) is 0 Å². The molecule has 3 aliphatic rings. The van der Waals surface area contributed by atoms with Crippen LogP contribution in [0.3, 0.4) is 0 Å². The fraction of sp³-hybridized carbons (Fsp3) is 0.373. The lowest BCUT2D eigenvalue weighted by Gasteiger charge is -2.38. The summed E-state index contributed by atoms with van der Waals surface area (Å²) in [6.45, 7) is 12.4. The average Bonchev–Trinajstić information content (AvgIpc) is 3.57. The Labute approximate surface area is 383 Å². The highest BCUT2D eigenvalue weighted by molar-refractivity contribution is 6.23. The zero-order chi connectivity index (χ0) is 48.2. The molecule has 4 aromatic carbocycles. The lowest BCUT2D eigenvalue weighted by molar-refractivity contribution is -0.160. The van der Waals surface area contributed by atoms with Crippen molar-refractivity contribution < 1.29 is 63.7 Å². The molecule has 0 unspecified atom stereocenters. The van der Waals surface area contributed by atoms with Gasteiger partial charge in [-0.25, -0.2) is 0 Å². The van der Waals surface area contributed by atoms with Gasteiger partial charge in [-0.15, -0.1) is 0 Å². The second-order valence-corrected chi connectivity index (χ2v) is 17.2. The van der Waals surface area contributed by atoms with Crippen LogP contribution in [0.5, 0.6) is 23.0 Å². The number of esters is 1. The van der Waals surface area contributed by atoms with Gasteiger partial charge in [0.25, 0.3) is 11.7 Å². The van der Waals surface area contributed by atoms with E-state index in [0.717, 1.165) is 17.3 Å². The molecule has 0 saturated heterocycles. The quantitative estimate of drug-likeness (QED) is 0.0342. The average molecular weight is 907 g/mol. The molecule has 0 aromatic heterocycles. The number of ether oxygens (including phenoxy) is 4. The van der Waals surface area contributed by atoms with E-state index in [-0.39, 0.29) is 44.5 Å². The van der Waals surface area contributed by atoms with E-state index in [1.165, 1.54) is 53.2 Å². The second kappa shape index (κ2) is 20.2. The van der Waals surface area contributed by atoms with Gasteiger partial charge in [-0.1, -0.05) is 112 Å². The number of phenolic OH excluding ortho intramolecular Hbond substituents is 3. The summed E-state index contributed by atoms with van der Waals surface area (Å²) < 4.78 is 23.7. The Morgan fingerprint density at radius 2 is 1.47 bits per heavy atom. The molecule has 1 amide bonds. The van der Waals surface area contributed by atoms with Gasteiger partial charge in [-0.05, 0) is 31.1 Å². The zero-order valence-corrected chi connectivity index (χ0v) is 38.4. The highest BCUT2D eigenvalue weighted by atomic mass is 16.7. The molecule has 4 aromatic rings. The van der Waals surface area contributed by atoms with Gasteiger partial charge in [0.05, 0.1) is 53.0 Å². The van der Waals surface area contributed by atoms with Crippen LogP contribution in [0, 0.1) is 30.6 Å². The SMILES string of the molecule is CO[C@@H]1C=CO[C@@]2(C)Oc3c(C)c(O)c4c(O)c(c(C=NOC(c5ccccc5)c5ccccc5)c(O)c4c3C2=O)NC(=O)C(C)=CC=C[C@H](C)[C@H](O)[C@H](C)[C@H](O)[C@H](C)[C@@H](OC(C)=O)[C@@H]1C. The number of methoxy groups -OCH3 is 1. The van der Waals surface area contributed by atoms with Crippen LogP contribution in [-0.4, -0.2) is 86.7 Å². The van der Waals surface area contributed by atoms with Crippen molar-refractivity contribution >= 4 is 40.3 Å². The van der Waals surface area contributed by atoms with E-state index in [0.29, 0.717) is 0 Å². The number of aliphatic hydroxyl groups is 2. The minimum atomic E-state index is -2.10. The Balaban J connectivity index is 1.53. The van der Waals surface area contributed by atoms with Crippen molar-refractivity contribution in [3.8, 4) is 23.0 Å². The van der Waals surface area contributed by atoms with Crippen LogP contribution >= 0.6 is 0 Å². The van der Waals surface area contributed by atoms with Gasteiger partial charge in [0.15, 0.2) is 11.9 Å². The van der Waals surface area contributed by atoms with E-state index in [4.69, 9.17) is 23.8 Å². The van der Waals surface area contributed by atoms with Crippen LogP contribution in [0.15, 0.2) is 102 Å². The number of benzene rings is 4. The predicted octanol–water partition coefficient (Wildman–Crippen LogP) is 7.89. The third kappa shape index (κ3) is 9.64. The van der Waals surface area contributed by atoms with Crippen molar-refractivity contribution in [2.45, 2.75) is 91.7 Å². The summed E-state index contributed by atoms with van der Waals surface area (Å²) in [5.41, 5.74) is 0.756. The summed E-state index contributed by atoms with van der Waals surface area (Å²) in [7, 11) is 1.43. The number of Topliss-reactive ketones (excluding diaryl/α,β-unsaturated/α-hetero) is 1. The second-order valence-electron chi connectivity index (χ2n) is 17.2. The van der Waals surface area contributed by atoms with Crippen LogP contribution in [0.2, 0.25) is 0 Å². The molecule has 9 atom stereocenters. The highest BCUT2D eigenvalue weighted by Crippen LogP contribution is 2.55. The number of aliphatic hydroxyl groups excluding tert-OH is 2. The first-order valence-corrected chi connectivity index (χ1v) is 21.7. The molecule has 6 N–H and O–H groups in total. The van der Waals surface area contributed by atoms with Crippen molar-refractivity contribution in [1.82, 2.24) is 0 Å². The summed E-state index contributed by atoms with van der Waals surface area (Å²) in [4.78, 5) is 47.0. The topological polar surface area (TPSA) is 223 Å². The lowest BCUT2D eigenvalue weighted by atomic mass is 9.78. The van der Waals surface area contributed by atoms with Crippen LogP contribution in [0.1, 0.15) is 87.2 Å². The molecule has 0 radical (unpaired) electrons. The lowest BCUT2D eigenvalue weighted by Crippen LogP contribution is -2.46. The Morgan fingerprint density at radius 1 is 0.848 bits per heavy atom. The van der Waals surface area contributed by atoms with Crippen molar-refractivity contribution in [2.24, 2.45) is 28.8 Å². The molecule has 15 nitrogen and oxygen atoms in total. The molecular weight excluding hydrogens is 849 g/mol. The number of allylic oxidation sites excluding steroid dienone is 2. The fourth-order valence-electron chi connectivity index (χ4n) is 8.59. The molecule has 3 aliphatic heterocycles. The Kier molecular flexibility index (Phi) is 14.9. The predicted molar refractivity (Wildman–Crippen MR) is 247 cm³/mol. The van der Waals surface area contributed by atoms with Crippen LogP contribution in [0.25, 0.3) is 10.8 Å². The maximum Gasteiger partial charge on any atom is 0.312 e. The zero-order valence-electron chi connectivity index (χ0n) is 38.4. The number of ketones is 1. The molecule has 66 heavy (non-hydrogen) atoms. The van der Waals surface area contributed by atoms with Crippen LogP contribution < -0.4 is 10.1 Å². The molecule has 5 bridgehead atoms.